The molecule has 2 N–H and O–H groups in total. The zero-order valence-corrected chi connectivity index (χ0v) is 22.3. The summed E-state index contributed by atoms with van der Waals surface area (Å²) in [6.45, 7) is 1.91. The molecule has 2 aromatic rings. The third-order valence-electron chi connectivity index (χ3n) is 6.39. The summed E-state index contributed by atoms with van der Waals surface area (Å²) in [5, 5.41) is 0. The molecule has 0 bridgehead atoms. The zero-order valence-electron chi connectivity index (χ0n) is 22.3. The van der Waals surface area contributed by atoms with Crippen molar-refractivity contribution in [3.05, 3.63) is 64.2 Å². The molecule has 0 spiro atoms. The minimum Gasteiger partial charge on any atom is -0.446 e. The summed E-state index contributed by atoms with van der Waals surface area (Å²) in [7, 11) is 1.26. The average molecular weight is 615 g/mol. The molecule has 2 atom stereocenters. The number of fused-ring (bicyclic) bond motifs is 1. The number of hydrogen-bond acceptors (Lipinski definition) is 4. The topological polar surface area (TPSA) is 85.1 Å². The minimum atomic E-state index is -5.19. The fraction of sp³-hybridized carbons (Fsp3) is 0.462. The van der Waals surface area contributed by atoms with Crippen molar-refractivity contribution >= 4 is 17.8 Å². The molecule has 0 radical (unpaired) electrons. The number of ether oxygens (including phenoxy) is 2. The Morgan fingerprint density at radius 1 is 0.929 bits per heavy atom. The molecule has 0 fully saturated rings. The van der Waals surface area contributed by atoms with E-state index in [-0.39, 0.29) is 30.3 Å². The molecule has 7 nitrogen and oxygen atoms in total. The van der Waals surface area contributed by atoms with E-state index in [9.17, 15) is 49.1 Å². The highest BCUT2D eigenvalue weighted by atomic mass is 19.4. The summed E-state index contributed by atoms with van der Waals surface area (Å²) in [4.78, 5) is 27.3. The van der Waals surface area contributed by atoms with Gasteiger partial charge in [0, 0.05) is 13.7 Å². The minimum absolute atomic E-state index is 0.101. The Labute approximate surface area is 233 Å². The lowest BCUT2D eigenvalue weighted by Gasteiger charge is -2.43. The molecule has 2 aromatic carbocycles. The van der Waals surface area contributed by atoms with Crippen molar-refractivity contribution < 1.29 is 58.6 Å². The second-order valence-corrected chi connectivity index (χ2v) is 9.81. The van der Waals surface area contributed by atoms with Crippen LogP contribution >= 0.6 is 0 Å². The van der Waals surface area contributed by atoms with Gasteiger partial charge in [-0.1, -0.05) is 0 Å². The highest BCUT2D eigenvalue weighted by molar-refractivity contribution is 5.91. The van der Waals surface area contributed by atoms with Crippen LogP contribution in [0.15, 0.2) is 36.4 Å². The Kier molecular flexibility index (Phi) is 9.29. The van der Waals surface area contributed by atoms with Gasteiger partial charge in [-0.25, -0.2) is 9.59 Å². The average Bonchev–Trinajstić information content (AvgIpc) is 2.84. The molecule has 3 amide bonds. The monoisotopic (exact) mass is 615 g/mol. The predicted molar refractivity (Wildman–Crippen MR) is 130 cm³/mol. The van der Waals surface area contributed by atoms with Crippen LogP contribution in [0.5, 0.6) is 0 Å². The third kappa shape index (κ3) is 7.38. The fourth-order valence-corrected chi connectivity index (χ4v) is 4.69. The van der Waals surface area contributed by atoms with Crippen LogP contribution in [0, 0.1) is 0 Å². The van der Waals surface area contributed by atoms with Gasteiger partial charge in [0.15, 0.2) is 0 Å². The summed E-state index contributed by atoms with van der Waals surface area (Å²) in [6.07, 6.45) is -17.2. The van der Waals surface area contributed by atoms with Gasteiger partial charge in [0.2, 0.25) is 0 Å². The summed E-state index contributed by atoms with van der Waals surface area (Å²) in [5.74, 6) is 0. The molecule has 0 unspecified atom stereocenters. The van der Waals surface area contributed by atoms with Crippen molar-refractivity contribution in [1.82, 2.24) is 4.90 Å². The van der Waals surface area contributed by atoms with Crippen LogP contribution in [-0.4, -0.2) is 42.9 Å². The number of methoxy groups -OCH3 is 1. The number of halogens is 9. The first-order valence-electron chi connectivity index (χ1n) is 12.3. The lowest BCUT2D eigenvalue weighted by atomic mass is 9.88. The molecule has 0 saturated heterocycles. The Morgan fingerprint density at radius 3 is 1.93 bits per heavy atom. The number of alkyl halides is 9. The zero-order chi connectivity index (χ0) is 31.8. The molecule has 0 saturated carbocycles. The number of primary amides is 1. The van der Waals surface area contributed by atoms with Crippen LogP contribution in [-0.2, 0) is 34.5 Å². The van der Waals surface area contributed by atoms with E-state index in [1.54, 1.807) is 0 Å². The van der Waals surface area contributed by atoms with Crippen molar-refractivity contribution in [2.75, 3.05) is 18.6 Å². The van der Waals surface area contributed by atoms with Crippen LogP contribution in [0.3, 0.4) is 0 Å². The van der Waals surface area contributed by atoms with Crippen molar-refractivity contribution in [3.63, 3.8) is 0 Å². The van der Waals surface area contributed by atoms with E-state index in [4.69, 9.17) is 15.2 Å². The smallest absolute Gasteiger partial charge is 0.416 e. The lowest BCUT2D eigenvalue weighted by molar-refractivity contribution is -0.143. The number of nitrogens with two attached hydrogens (primary N) is 1. The van der Waals surface area contributed by atoms with E-state index in [0.29, 0.717) is 29.2 Å². The first kappa shape index (κ1) is 32.8. The summed E-state index contributed by atoms with van der Waals surface area (Å²) in [5.41, 5.74) is -0.0305. The van der Waals surface area contributed by atoms with Crippen LogP contribution < -0.4 is 10.6 Å². The Hall–Kier alpha value is -3.69. The molecular formula is C26H26F9N3O4. The first-order chi connectivity index (χ1) is 19.2. The van der Waals surface area contributed by atoms with E-state index in [0.717, 1.165) is 11.0 Å². The Morgan fingerprint density at radius 2 is 1.48 bits per heavy atom. The number of amides is 3. The standard InChI is InChI=1S/C26H26F9N3O4/c1-13(2)42-23(40)38-18(12-41-3)10-21(19-9-15(24(27,28)29)4-5-20(19)38)37(22(36)39)11-14-6-16(25(30,31)32)8-17(7-14)26(33,34)35/h4-9,13,18,21H,10-12H2,1-3H3,(H2,36,39)/t18-,21-/m0/s1. The van der Waals surface area contributed by atoms with Crippen molar-refractivity contribution in [2.45, 2.75) is 63.5 Å². The van der Waals surface area contributed by atoms with E-state index in [1.807, 2.05) is 0 Å². The molecule has 1 heterocycles. The van der Waals surface area contributed by atoms with Gasteiger partial charge in [-0.15, -0.1) is 0 Å². The fourth-order valence-electron chi connectivity index (χ4n) is 4.69. The van der Waals surface area contributed by atoms with Crippen molar-refractivity contribution in [1.29, 1.82) is 0 Å². The number of carbonyl (C=O) groups is 2. The van der Waals surface area contributed by atoms with Gasteiger partial charge in [-0.2, -0.15) is 39.5 Å². The Bertz CT molecular complexity index is 1280. The quantitative estimate of drug-likeness (QED) is 0.351. The number of rotatable bonds is 6. The van der Waals surface area contributed by atoms with E-state index in [2.05, 4.69) is 0 Å². The second kappa shape index (κ2) is 11.9. The van der Waals surface area contributed by atoms with E-state index >= 15 is 0 Å². The normalized spacial score (nSPS) is 17.7. The molecule has 42 heavy (non-hydrogen) atoms. The third-order valence-corrected chi connectivity index (χ3v) is 6.39. The second-order valence-electron chi connectivity index (χ2n) is 9.81. The summed E-state index contributed by atoms with van der Waals surface area (Å²) < 4.78 is 132. The van der Waals surface area contributed by atoms with Crippen LogP contribution in [0.2, 0.25) is 0 Å². The maximum absolute atomic E-state index is 13.7. The summed E-state index contributed by atoms with van der Waals surface area (Å²) in [6, 6.07) is -0.796. The van der Waals surface area contributed by atoms with Crippen LogP contribution in [0.1, 0.15) is 54.1 Å². The molecule has 1 aliphatic rings. The molecule has 3 rings (SSSR count). The number of hydrogen-bond donors (Lipinski definition) is 1. The highest BCUT2D eigenvalue weighted by Gasteiger charge is 2.43. The van der Waals surface area contributed by atoms with Gasteiger partial charge < -0.3 is 20.1 Å². The highest BCUT2D eigenvalue weighted by Crippen LogP contribution is 2.45. The molecule has 232 valence electrons. The molecule has 0 aromatic heterocycles. The maximum atomic E-state index is 13.7. The number of carbonyl (C=O) groups excluding carboxylic acids is 2. The van der Waals surface area contributed by atoms with Crippen LogP contribution in [0.4, 0.5) is 54.8 Å². The molecule has 16 heteroatoms. The number of urea groups is 1. The Balaban J connectivity index is 2.21. The molecular weight excluding hydrogens is 589 g/mol. The largest absolute Gasteiger partial charge is 0.446 e. The van der Waals surface area contributed by atoms with Crippen LogP contribution in [0.25, 0.3) is 0 Å². The van der Waals surface area contributed by atoms with Gasteiger partial charge >= 0.3 is 30.7 Å². The number of benzene rings is 2. The molecule has 0 aliphatic carbocycles. The van der Waals surface area contributed by atoms with Gasteiger partial charge in [0.25, 0.3) is 0 Å². The maximum Gasteiger partial charge on any atom is 0.416 e. The molecule has 1 aliphatic heterocycles. The van der Waals surface area contributed by atoms with E-state index < -0.39 is 77.6 Å². The predicted octanol–water partition coefficient (Wildman–Crippen LogP) is 7.14. The van der Waals surface area contributed by atoms with Gasteiger partial charge in [0.1, 0.15) is 0 Å². The number of anilines is 1. The SMILES string of the molecule is COC[C@@H]1C[C@H](N(Cc2cc(C(F)(F)F)cc(C(F)(F)F)c2)C(N)=O)c2cc(C(F)(F)F)ccc2N1C(=O)OC(C)C. The summed E-state index contributed by atoms with van der Waals surface area (Å²) >= 11 is 0. The van der Waals surface area contributed by atoms with Gasteiger partial charge in [-0.05, 0) is 67.8 Å². The lowest BCUT2D eigenvalue weighted by Crippen LogP contribution is -2.51. The van der Waals surface area contributed by atoms with Crippen molar-refractivity contribution in [3.8, 4) is 0 Å². The first-order valence-corrected chi connectivity index (χ1v) is 12.3. The van der Waals surface area contributed by atoms with Gasteiger partial charge in [-0.3, -0.25) is 4.90 Å². The number of nitrogens with zero attached hydrogens (tertiary/aromatic N) is 2. The van der Waals surface area contributed by atoms with E-state index in [1.165, 1.54) is 21.0 Å². The van der Waals surface area contributed by atoms with Gasteiger partial charge in [0.05, 0.1) is 47.2 Å². The van der Waals surface area contributed by atoms with Crippen molar-refractivity contribution in [2.24, 2.45) is 5.73 Å².